The van der Waals surface area contributed by atoms with Crippen molar-refractivity contribution in [3.8, 4) is 11.5 Å². The first-order chi connectivity index (χ1) is 15.8. The summed E-state index contributed by atoms with van der Waals surface area (Å²) >= 11 is 0. The summed E-state index contributed by atoms with van der Waals surface area (Å²) in [4.78, 5) is 0. The maximum absolute atomic E-state index is 6.52. The van der Waals surface area contributed by atoms with Crippen LogP contribution in [0.15, 0.2) is 91.0 Å². The molecule has 0 N–H and O–H groups in total. The molecule has 0 heterocycles. The van der Waals surface area contributed by atoms with Gasteiger partial charge in [0.1, 0.15) is 11.5 Å². The van der Waals surface area contributed by atoms with Crippen molar-refractivity contribution in [1.29, 1.82) is 0 Å². The van der Waals surface area contributed by atoms with Crippen LogP contribution >= 0.6 is 0 Å². The van der Waals surface area contributed by atoms with Gasteiger partial charge in [0.05, 0.1) is 5.92 Å². The molecule has 0 fully saturated rings. The monoisotopic (exact) mass is 432 g/mol. The zero-order chi connectivity index (χ0) is 22.5. The predicted molar refractivity (Wildman–Crippen MR) is 131 cm³/mol. The van der Waals surface area contributed by atoms with Crippen LogP contribution < -0.4 is 9.47 Å². The van der Waals surface area contributed by atoms with Crippen molar-refractivity contribution in [2.75, 3.05) is 7.11 Å². The molecule has 3 heteroatoms. The van der Waals surface area contributed by atoms with E-state index in [4.69, 9.17) is 14.2 Å². The molecular formula is C29H36O3. The molecule has 3 aromatic rings. The van der Waals surface area contributed by atoms with Crippen LogP contribution in [-0.4, -0.2) is 13.1 Å². The summed E-state index contributed by atoms with van der Waals surface area (Å²) < 4.78 is 19.2. The number of para-hydroxylation sites is 2. The molecule has 1 atom stereocenters. The van der Waals surface area contributed by atoms with Crippen LogP contribution in [0.4, 0.5) is 0 Å². The molecule has 0 saturated carbocycles. The van der Waals surface area contributed by atoms with Gasteiger partial charge in [-0.15, -0.1) is 0 Å². The van der Waals surface area contributed by atoms with E-state index in [1.807, 2.05) is 66.7 Å². The molecule has 170 valence electrons. The van der Waals surface area contributed by atoms with Crippen LogP contribution in [0.2, 0.25) is 0 Å². The summed E-state index contributed by atoms with van der Waals surface area (Å²) in [6.45, 7) is 2.25. The Hall–Kier alpha value is -2.78. The van der Waals surface area contributed by atoms with Crippen molar-refractivity contribution < 1.29 is 14.2 Å². The molecular weight excluding hydrogens is 396 g/mol. The van der Waals surface area contributed by atoms with Gasteiger partial charge in [-0.1, -0.05) is 112 Å². The van der Waals surface area contributed by atoms with E-state index in [1.165, 1.54) is 32.1 Å². The number of hydrogen-bond acceptors (Lipinski definition) is 3. The lowest BCUT2D eigenvalue weighted by Crippen LogP contribution is -2.50. The van der Waals surface area contributed by atoms with Crippen LogP contribution in [0.1, 0.15) is 63.4 Å². The van der Waals surface area contributed by atoms with Gasteiger partial charge in [-0.25, -0.2) is 0 Å². The number of methoxy groups -OCH3 is 1. The Morgan fingerprint density at radius 2 is 1.09 bits per heavy atom. The fraction of sp³-hybridized carbons (Fsp3) is 0.379. The average Bonchev–Trinajstić information content (AvgIpc) is 2.85. The molecule has 0 aliphatic heterocycles. The second kappa shape index (κ2) is 12.9. The third-order valence-electron chi connectivity index (χ3n) is 5.77. The van der Waals surface area contributed by atoms with Crippen LogP contribution in [0.5, 0.6) is 11.5 Å². The van der Waals surface area contributed by atoms with Gasteiger partial charge in [-0.05, 0) is 36.2 Å². The third-order valence-corrected chi connectivity index (χ3v) is 5.77. The summed E-state index contributed by atoms with van der Waals surface area (Å²) in [5.41, 5.74) is 1.15. The molecule has 3 nitrogen and oxygen atoms in total. The van der Waals surface area contributed by atoms with Gasteiger partial charge < -0.3 is 14.2 Å². The minimum Gasteiger partial charge on any atom is -0.429 e. The molecule has 0 bridgehead atoms. The zero-order valence-corrected chi connectivity index (χ0v) is 19.4. The highest BCUT2D eigenvalue weighted by molar-refractivity contribution is 5.27. The van der Waals surface area contributed by atoms with E-state index in [9.17, 15) is 0 Å². The largest absolute Gasteiger partial charge is 0.429 e. The Morgan fingerprint density at radius 1 is 0.625 bits per heavy atom. The minimum atomic E-state index is -1.28. The summed E-state index contributed by atoms with van der Waals surface area (Å²) in [6, 6.07) is 30.0. The fourth-order valence-corrected chi connectivity index (χ4v) is 4.06. The summed E-state index contributed by atoms with van der Waals surface area (Å²) in [6.07, 6.45) is 8.30. The quantitative estimate of drug-likeness (QED) is 0.191. The second-order valence-electron chi connectivity index (χ2n) is 8.16. The molecule has 0 aliphatic rings. The van der Waals surface area contributed by atoms with Gasteiger partial charge in [0.15, 0.2) is 0 Å². The highest BCUT2D eigenvalue weighted by atomic mass is 16.9. The first kappa shape index (κ1) is 23.9. The molecule has 0 radical (unpaired) electrons. The number of benzene rings is 3. The Labute approximate surface area is 193 Å². The predicted octanol–water partition coefficient (Wildman–Crippen LogP) is 7.98. The van der Waals surface area contributed by atoms with E-state index in [0.29, 0.717) is 11.5 Å². The first-order valence-electron chi connectivity index (χ1n) is 11.9. The van der Waals surface area contributed by atoms with Gasteiger partial charge >= 0.3 is 5.97 Å². The number of rotatable bonds is 14. The molecule has 0 aromatic heterocycles. The molecule has 3 rings (SSSR count). The normalized spacial score (nSPS) is 12.3. The molecule has 3 aromatic carbocycles. The number of ether oxygens (including phenoxy) is 3. The lowest BCUT2D eigenvalue weighted by Gasteiger charge is -2.39. The second-order valence-corrected chi connectivity index (χ2v) is 8.16. The Morgan fingerprint density at radius 3 is 1.59 bits per heavy atom. The summed E-state index contributed by atoms with van der Waals surface area (Å²) in [5.74, 6) is 0.0524. The SMILES string of the molecule is CCCCCCCCC(c1ccccc1)C(OC)(Oc1ccccc1)Oc1ccccc1. The maximum atomic E-state index is 6.52. The Kier molecular flexibility index (Phi) is 9.64. The van der Waals surface area contributed by atoms with Gasteiger partial charge in [-0.3, -0.25) is 0 Å². The van der Waals surface area contributed by atoms with Crippen LogP contribution in [0, 0.1) is 0 Å². The number of hydrogen-bond donors (Lipinski definition) is 0. The van der Waals surface area contributed by atoms with Crippen molar-refractivity contribution in [3.63, 3.8) is 0 Å². The third kappa shape index (κ3) is 6.86. The molecule has 0 saturated heterocycles. The standard InChI is InChI=1S/C29H36O3/c1-3-4-5-6-7-17-24-28(25-18-11-8-12-19-25)29(30-2,31-26-20-13-9-14-21-26)32-27-22-15-10-16-23-27/h8-16,18-23,28H,3-7,17,24H2,1-2H3. The zero-order valence-electron chi connectivity index (χ0n) is 19.4. The van der Waals surface area contributed by atoms with Gasteiger partial charge in [0.2, 0.25) is 0 Å². The van der Waals surface area contributed by atoms with E-state index < -0.39 is 5.97 Å². The molecule has 0 aliphatic carbocycles. The van der Waals surface area contributed by atoms with Gasteiger partial charge in [0, 0.05) is 7.11 Å². The van der Waals surface area contributed by atoms with E-state index in [1.54, 1.807) is 7.11 Å². The molecule has 0 spiro atoms. The van der Waals surface area contributed by atoms with Crippen LogP contribution in [-0.2, 0) is 4.74 Å². The van der Waals surface area contributed by atoms with E-state index in [0.717, 1.165) is 18.4 Å². The highest BCUT2D eigenvalue weighted by Crippen LogP contribution is 2.39. The van der Waals surface area contributed by atoms with Crippen molar-refractivity contribution in [2.24, 2.45) is 0 Å². The van der Waals surface area contributed by atoms with E-state index >= 15 is 0 Å². The molecule has 0 amide bonds. The first-order valence-corrected chi connectivity index (χ1v) is 11.9. The van der Waals surface area contributed by atoms with Gasteiger partial charge in [0.25, 0.3) is 0 Å². The maximum Gasteiger partial charge on any atom is 0.378 e. The lowest BCUT2D eigenvalue weighted by molar-refractivity contribution is -0.304. The number of unbranched alkanes of at least 4 members (excludes halogenated alkanes) is 5. The topological polar surface area (TPSA) is 27.7 Å². The summed E-state index contributed by atoms with van der Waals surface area (Å²) in [7, 11) is 1.67. The van der Waals surface area contributed by atoms with E-state index in [-0.39, 0.29) is 5.92 Å². The van der Waals surface area contributed by atoms with Gasteiger partial charge in [-0.2, -0.15) is 0 Å². The molecule has 1 unspecified atom stereocenters. The minimum absolute atomic E-state index is 0.0970. The summed E-state index contributed by atoms with van der Waals surface area (Å²) in [5, 5.41) is 0. The van der Waals surface area contributed by atoms with Crippen molar-refractivity contribution in [3.05, 3.63) is 96.6 Å². The van der Waals surface area contributed by atoms with Crippen LogP contribution in [0.25, 0.3) is 0 Å². The Bertz CT molecular complexity index is 823. The lowest BCUT2D eigenvalue weighted by atomic mass is 9.90. The average molecular weight is 433 g/mol. The molecule has 32 heavy (non-hydrogen) atoms. The van der Waals surface area contributed by atoms with E-state index in [2.05, 4.69) is 31.2 Å². The van der Waals surface area contributed by atoms with Crippen molar-refractivity contribution in [1.82, 2.24) is 0 Å². The van der Waals surface area contributed by atoms with Crippen molar-refractivity contribution >= 4 is 0 Å². The van der Waals surface area contributed by atoms with Crippen molar-refractivity contribution in [2.45, 2.75) is 63.8 Å². The smallest absolute Gasteiger partial charge is 0.378 e. The highest BCUT2D eigenvalue weighted by Gasteiger charge is 2.45. The van der Waals surface area contributed by atoms with Crippen LogP contribution in [0.3, 0.4) is 0 Å². The fourth-order valence-electron chi connectivity index (χ4n) is 4.06. The Balaban J connectivity index is 1.91.